The van der Waals surface area contributed by atoms with Crippen molar-refractivity contribution in [2.24, 2.45) is 5.92 Å². The van der Waals surface area contributed by atoms with Crippen molar-refractivity contribution < 1.29 is 4.74 Å². The minimum absolute atomic E-state index is 0.683. The third-order valence-electron chi connectivity index (χ3n) is 3.96. The first-order valence-electron chi connectivity index (χ1n) is 8.04. The van der Waals surface area contributed by atoms with Crippen LogP contribution in [0, 0.1) is 17.2 Å². The van der Waals surface area contributed by atoms with Crippen LogP contribution in [0.5, 0.6) is 5.75 Å². The van der Waals surface area contributed by atoms with Crippen LogP contribution < -0.4 is 4.74 Å². The van der Waals surface area contributed by atoms with Gasteiger partial charge in [-0.1, -0.05) is 44.5 Å². The van der Waals surface area contributed by atoms with Crippen LogP contribution in [-0.2, 0) is 0 Å². The van der Waals surface area contributed by atoms with Crippen molar-refractivity contribution in [2.45, 2.75) is 26.7 Å². The van der Waals surface area contributed by atoms with E-state index in [1.165, 1.54) is 12.8 Å². The summed E-state index contributed by atoms with van der Waals surface area (Å²) in [6.45, 7) is 4.53. The Bertz CT molecular complexity index is 628. The summed E-state index contributed by atoms with van der Waals surface area (Å²) in [5.41, 5.74) is 2.92. The largest absolute Gasteiger partial charge is 0.483 e. The summed E-state index contributed by atoms with van der Waals surface area (Å²) in [7, 11) is 0. The topological polar surface area (TPSA) is 33.0 Å². The minimum Gasteiger partial charge on any atom is -0.483 e. The fourth-order valence-corrected chi connectivity index (χ4v) is 3.04. The number of hydrogen-bond donors (Lipinski definition) is 0. The Balaban J connectivity index is 1.81. The SMILES string of the molecule is CCC(C)CCSCOc1ccc(-c2ccc(C#N)cc2)cc1. The molecule has 2 aromatic rings. The second-order valence-corrected chi connectivity index (χ2v) is 6.74. The van der Waals surface area contributed by atoms with Crippen LogP contribution in [0.15, 0.2) is 48.5 Å². The molecule has 23 heavy (non-hydrogen) atoms. The summed E-state index contributed by atoms with van der Waals surface area (Å²) in [6, 6.07) is 17.9. The summed E-state index contributed by atoms with van der Waals surface area (Å²) in [6.07, 6.45) is 2.50. The molecule has 0 amide bonds. The van der Waals surface area contributed by atoms with Gasteiger partial charge in [-0.25, -0.2) is 0 Å². The van der Waals surface area contributed by atoms with Gasteiger partial charge in [0.1, 0.15) is 11.7 Å². The molecule has 0 saturated carbocycles. The van der Waals surface area contributed by atoms with Gasteiger partial charge >= 0.3 is 0 Å². The molecule has 0 saturated heterocycles. The third-order valence-corrected chi connectivity index (χ3v) is 4.77. The second kappa shape index (κ2) is 9.27. The van der Waals surface area contributed by atoms with E-state index < -0.39 is 0 Å². The van der Waals surface area contributed by atoms with Gasteiger partial charge in [-0.2, -0.15) is 5.26 Å². The van der Waals surface area contributed by atoms with Crippen LogP contribution in [0.2, 0.25) is 0 Å². The molecule has 0 fully saturated rings. The molecule has 120 valence electrons. The van der Waals surface area contributed by atoms with Crippen LogP contribution in [0.1, 0.15) is 32.3 Å². The summed E-state index contributed by atoms with van der Waals surface area (Å²) in [4.78, 5) is 0. The molecular weight excluding hydrogens is 302 g/mol. The first kappa shape index (κ1) is 17.4. The zero-order chi connectivity index (χ0) is 16.5. The Hall–Kier alpha value is -1.92. The maximum atomic E-state index is 8.83. The van der Waals surface area contributed by atoms with Gasteiger partial charge in [0.05, 0.1) is 11.6 Å². The molecule has 0 spiro atoms. The van der Waals surface area contributed by atoms with Crippen LogP contribution in [0.3, 0.4) is 0 Å². The molecule has 0 radical (unpaired) electrons. The molecule has 0 aliphatic heterocycles. The summed E-state index contributed by atoms with van der Waals surface area (Å²) in [5.74, 6) is 3.55. The number of thioether (sulfide) groups is 1. The average Bonchev–Trinajstić information content (AvgIpc) is 2.62. The van der Waals surface area contributed by atoms with Crippen molar-refractivity contribution in [3.63, 3.8) is 0 Å². The molecule has 2 rings (SSSR count). The van der Waals surface area contributed by atoms with E-state index in [2.05, 4.69) is 32.0 Å². The number of nitriles is 1. The van der Waals surface area contributed by atoms with Gasteiger partial charge in [-0.15, -0.1) is 11.8 Å². The molecule has 2 nitrogen and oxygen atoms in total. The summed E-state index contributed by atoms with van der Waals surface area (Å²) in [5, 5.41) is 8.83. The number of ether oxygens (including phenoxy) is 1. The maximum Gasteiger partial charge on any atom is 0.134 e. The highest BCUT2D eigenvalue weighted by Crippen LogP contribution is 2.23. The van der Waals surface area contributed by atoms with E-state index in [0.29, 0.717) is 11.5 Å². The minimum atomic E-state index is 0.683. The molecule has 3 heteroatoms. The highest BCUT2D eigenvalue weighted by molar-refractivity contribution is 7.99. The molecule has 0 bridgehead atoms. The van der Waals surface area contributed by atoms with Crippen molar-refractivity contribution >= 4 is 11.8 Å². The smallest absolute Gasteiger partial charge is 0.134 e. The molecule has 1 unspecified atom stereocenters. The Kier molecular flexibility index (Phi) is 7.03. The molecular formula is C20H23NOS. The second-order valence-electron chi connectivity index (χ2n) is 5.69. The Labute approximate surface area is 143 Å². The van der Waals surface area contributed by atoms with Gasteiger partial charge < -0.3 is 4.74 Å². The fourth-order valence-electron chi connectivity index (χ4n) is 2.14. The Morgan fingerprint density at radius 2 is 1.65 bits per heavy atom. The molecule has 0 aromatic heterocycles. The normalized spacial score (nSPS) is 11.7. The lowest BCUT2D eigenvalue weighted by molar-refractivity contribution is 0.392. The van der Waals surface area contributed by atoms with Crippen LogP contribution >= 0.6 is 11.8 Å². The lowest BCUT2D eigenvalue weighted by Gasteiger charge is -2.09. The zero-order valence-corrected chi connectivity index (χ0v) is 14.6. The third kappa shape index (κ3) is 5.65. The van der Waals surface area contributed by atoms with E-state index in [0.717, 1.165) is 28.5 Å². The van der Waals surface area contributed by atoms with E-state index >= 15 is 0 Å². The van der Waals surface area contributed by atoms with Crippen LogP contribution in [-0.4, -0.2) is 11.7 Å². The van der Waals surface area contributed by atoms with Gasteiger partial charge in [0.15, 0.2) is 0 Å². The molecule has 0 heterocycles. The monoisotopic (exact) mass is 325 g/mol. The maximum absolute atomic E-state index is 8.83. The summed E-state index contributed by atoms with van der Waals surface area (Å²) >= 11 is 1.84. The molecule has 2 aromatic carbocycles. The van der Waals surface area contributed by atoms with Gasteiger partial charge in [0.25, 0.3) is 0 Å². The highest BCUT2D eigenvalue weighted by atomic mass is 32.2. The Morgan fingerprint density at radius 1 is 1.04 bits per heavy atom. The van der Waals surface area contributed by atoms with E-state index in [9.17, 15) is 0 Å². The van der Waals surface area contributed by atoms with E-state index in [-0.39, 0.29) is 0 Å². The van der Waals surface area contributed by atoms with Crippen molar-refractivity contribution in [2.75, 3.05) is 11.7 Å². The van der Waals surface area contributed by atoms with E-state index in [4.69, 9.17) is 10.00 Å². The highest BCUT2D eigenvalue weighted by Gasteiger charge is 2.01. The first-order valence-corrected chi connectivity index (χ1v) is 9.19. The first-order chi connectivity index (χ1) is 11.2. The Morgan fingerprint density at radius 3 is 2.22 bits per heavy atom. The van der Waals surface area contributed by atoms with Crippen LogP contribution in [0.4, 0.5) is 0 Å². The quantitative estimate of drug-likeness (QED) is 0.459. The number of hydrogen-bond acceptors (Lipinski definition) is 3. The van der Waals surface area contributed by atoms with Crippen molar-refractivity contribution in [1.29, 1.82) is 5.26 Å². The van der Waals surface area contributed by atoms with Gasteiger partial charge in [0, 0.05) is 0 Å². The predicted octanol–water partition coefficient (Wildman–Crippen LogP) is 5.73. The van der Waals surface area contributed by atoms with Crippen molar-refractivity contribution in [3.8, 4) is 22.9 Å². The zero-order valence-electron chi connectivity index (χ0n) is 13.8. The molecule has 1 atom stereocenters. The number of benzene rings is 2. The van der Waals surface area contributed by atoms with Crippen molar-refractivity contribution in [3.05, 3.63) is 54.1 Å². The lowest BCUT2D eigenvalue weighted by atomic mass is 10.0. The molecule has 0 aliphatic carbocycles. The van der Waals surface area contributed by atoms with Crippen molar-refractivity contribution in [1.82, 2.24) is 0 Å². The fraction of sp³-hybridized carbons (Fsp3) is 0.350. The lowest BCUT2D eigenvalue weighted by Crippen LogP contribution is -1.98. The number of rotatable bonds is 8. The number of nitrogens with zero attached hydrogens (tertiary/aromatic N) is 1. The standard InChI is InChI=1S/C20H23NOS/c1-3-16(2)12-13-23-15-22-20-10-8-19(9-11-20)18-6-4-17(14-21)5-7-18/h4-11,16H,3,12-13,15H2,1-2H3. The van der Waals surface area contributed by atoms with E-state index in [1.807, 2.05) is 48.2 Å². The molecule has 0 N–H and O–H groups in total. The average molecular weight is 325 g/mol. The van der Waals surface area contributed by atoms with Gasteiger partial charge in [0.2, 0.25) is 0 Å². The summed E-state index contributed by atoms with van der Waals surface area (Å²) < 4.78 is 5.77. The van der Waals surface area contributed by atoms with E-state index in [1.54, 1.807) is 0 Å². The molecule has 0 aliphatic rings. The van der Waals surface area contributed by atoms with Gasteiger partial charge in [-0.3, -0.25) is 0 Å². The van der Waals surface area contributed by atoms with Gasteiger partial charge in [-0.05, 0) is 53.5 Å². The predicted molar refractivity (Wildman–Crippen MR) is 98.6 cm³/mol. The van der Waals surface area contributed by atoms with Crippen LogP contribution in [0.25, 0.3) is 11.1 Å².